The zero-order valence-corrected chi connectivity index (χ0v) is 12.3. The molecule has 1 aromatic rings. The van der Waals surface area contributed by atoms with Crippen LogP contribution in [0.4, 0.5) is 4.39 Å². The van der Waals surface area contributed by atoms with Crippen LogP contribution in [0, 0.1) is 11.7 Å². The first-order valence-corrected chi connectivity index (χ1v) is 8.27. The van der Waals surface area contributed by atoms with Gasteiger partial charge in [0.25, 0.3) is 0 Å². The van der Waals surface area contributed by atoms with E-state index in [1.54, 1.807) is 0 Å². The molecule has 1 heterocycles. The van der Waals surface area contributed by atoms with Crippen molar-refractivity contribution in [3.05, 3.63) is 29.6 Å². The molecule has 2 rings (SSSR count). The highest BCUT2D eigenvalue weighted by Crippen LogP contribution is 2.26. The highest BCUT2D eigenvalue weighted by atomic mass is 35.5. The van der Waals surface area contributed by atoms with Crippen LogP contribution in [0.15, 0.2) is 23.1 Å². The summed E-state index contributed by atoms with van der Waals surface area (Å²) in [6.07, 6.45) is 1.68. The van der Waals surface area contributed by atoms with E-state index in [0.717, 1.165) is 18.9 Å². The highest BCUT2D eigenvalue weighted by molar-refractivity contribution is 7.89. The minimum absolute atomic E-state index is 0.00273. The number of sulfonamides is 1. The Bertz CT molecular complexity index is 554. The monoisotopic (exact) mass is 305 g/mol. The average molecular weight is 306 g/mol. The molecule has 106 valence electrons. The molecule has 1 fully saturated rings. The van der Waals surface area contributed by atoms with Crippen molar-refractivity contribution in [1.29, 1.82) is 0 Å². The summed E-state index contributed by atoms with van der Waals surface area (Å²) in [5, 5.41) is 0. The van der Waals surface area contributed by atoms with E-state index in [9.17, 15) is 12.8 Å². The summed E-state index contributed by atoms with van der Waals surface area (Å²) < 4.78 is 39.8. The van der Waals surface area contributed by atoms with Gasteiger partial charge < -0.3 is 0 Å². The van der Waals surface area contributed by atoms with E-state index in [1.165, 1.54) is 16.4 Å². The number of hydrogen-bond acceptors (Lipinski definition) is 2. The molecule has 0 saturated carbocycles. The Hall–Kier alpha value is -0.650. The second-order valence-corrected chi connectivity index (χ2v) is 7.15. The molecule has 0 bridgehead atoms. The molecular weight excluding hydrogens is 289 g/mol. The number of piperidine rings is 1. The maximum absolute atomic E-state index is 13.3. The van der Waals surface area contributed by atoms with Gasteiger partial charge in [-0.2, -0.15) is 4.31 Å². The van der Waals surface area contributed by atoms with E-state index >= 15 is 0 Å². The van der Waals surface area contributed by atoms with Gasteiger partial charge >= 0.3 is 0 Å². The fourth-order valence-corrected chi connectivity index (χ4v) is 4.26. The summed E-state index contributed by atoms with van der Waals surface area (Å²) in [5.41, 5.74) is 0.446. The largest absolute Gasteiger partial charge is 0.243 e. The van der Waals surface area contributed by atoms with Gasteiger partial charge in [-0.15, -0.1) is 11.6 Å². The third kappa shape index (κ3) is 3.09. The SMILES string of the molecule is CC1CCN(S(=O)(=O)c2cc(F)ccc2CCl)CC1. The van der Waals surface area contributed by atoms with Crippen molar-refractivity contribution in [2.24, 2.45) is 5.92 Å². The van der Waals surface area contributed by atoms with Crippen molar-refractivity contribution in [2.75, 3.05) is 13.1 Å². The molecule has 6 heteroatoms. The van der Waals surface area contributed by atoms with Gasteiger partial charge in [-0.3, -0.25) is 0 Å². The van der Waals surface area contributed by atoms with Crippen molar-refractivity contribution >= 4 is 21.6 Å². The van der Waals surface area contributed by atoms with Crippen LogP contribution in [0.1, 0.15) is 25.3 Å². The summed E-state index contributed by atoms with van der Waals surface area (Å²) in [5.74, 6) is 0.0308. The average Bonchev–Trinajstić information content (AvgIpc) is 2.39. The zero-order chi connectivity index (χ0) is 14.0. The van der Waals surface area contributed by atoms with Gasteiger partial charge in [-0.1, -0.05) is 13.0 Å². The van der Waals surface area contributed by atoms with E-state index in [1.807, 2.05) is 0 Å². The molecule has 0 atom stereocenters. The van der Waals surface area contributed by atoms with Crippen LogP contribution in [-0.2, 0) is 15.9 Å². The molecule has 0 N–H and O–H groups in total. The fourth-order valence-electron chi connectivity index (χ4n) is 2.24. The minimum atomic E-state index is -3.64. The predicted octanol–water partition coefficient (Wildman–Crippen LogP) is 2.99. The van der Waals surface area contributed by atoms with Crippen LogP contribution in [0.5, 0.6) is 0 Å². The van der Waals surface area contributed by atoms with E-state index in [2.05, 4.69) is 6.92 Å². The molecule has 0 spiro atoms. The molecule has 19 heavy (non-hydrogen) atoms. The van der Waals surface area contributed by atoms with Gasteiger partial charge in [0, 0.05) is 19.0 Å². The molecule has 0 unspecified atom stereocenters. The van der Waals surface area contributed by atoms with Gasteiger partial charge in [0.2, 0.25) is 10.0 Å². The third-order valence-corrected chi connectivity index (χ3v) is 5.80. The quantitative estimate of drug-likeness (QED) is 0.805. The van der Waals surface area contributed by atoms with Gasteiger partial charge in [-0.05, 0) is 36.5 Å². The van der Waals surface area contributed by atoms with Gasteiger partial charge in [0.1, 0.15) is 5.82 Å². The van der Waals surface area contributed by atoms with E-state index in [0.29, 0.717) is 24.6 Å². The lowest BCUT2D eigenvalue weighted by Gasteiger charge is -2.29. The lowest BCUT2D eigenvalue weighted by Crippen LogP contribution is -2.38. The topological polar surface area (TPSA) is 37.4 Å². The lowest BCUT2D eigenvalue weighted by atomic mass is 10.0. The first-order chi connectivity index (χ1) is 8.95. The number of hydrogen-bond donors (Lipinski definition) is 0. The molecule has 1 aliphatic heterocycles. The first kappa shape index (κ1) is 14.8. The number of halogens is 2. The predicted molar refractivity (Wildman–Crippen MR) is 73.1 cm³/mol. The molecular formula is C13H17ClFNO2S. The number of rotatable bonds is 3. The summed E-state index contributed by atoms with van der Waals surface area (Å²) >= 11 is 5.75. The van der Waals surface area contributed by atoms with E-state index in [4.69, 9.17) is 11.6 Å². The highest BCUT2D eigenvalue weighted by Gasteiger charge is 2.29. The molecule has 1 saturated heterocycles. The Morgan fingerprint density at radius 3 is 2.58 bits per heavy atom. The van der Waals surface area contributed by atoms with Crippen LogP contribution in [-0.4, -0.2) is 25.8 Å². The summed E-state index contributed by atoms with van der Waals surface area (Å²) in [6, 6.07) is 3.72. The van der Waals surface area contributed by atoms with Gasteiger partial charge in [0.15, 0.2) is 0 Å². The van der Waals surface area contributed by atoms with Crippen molar-refractivity contribution in [1.82, 2.24) is 4.31 Å². The van der Waals surface area contributed by atoms with Gasteiger partial charge in [-0.25, -0.2) is 12.8 Å². The smallest absolute Gasteiger partial charge is 0.207 e. The van der Waals surface area contributed by atoms with Crippen LogP contribution >= 0.6 is 11.6 Å². The number of nitrogens with zero attached hydrogens (tertiary/aromatic N) is 1. The second-order valence-electron chi connectivity index (χ2n) is 4.97. The van der Waals surface area contributed by atoms with E-state index < -0.39 is 15.8 Å². The maximum atomic E-state index is 13.3. The molecule has 1 aromatic carbocycles. The Kier molecular flexibility index (Phi) is 4.48. The molecule has 0 aromatic heterocycles. The Morgan fingerprint density at radius 1 is 1.37 bits per heavy atom. The Labute approximate surface area is 118 Å². The molecule has 3 nitrogen and oxygen atoms in total. The van der Waals surface area contributed by atoms with Crippen molar-refractivity contribution in [3.63, 3.8) is 0 Å². The van der Waals surface area contributed by atoms with Crippen LogP contribution < -0.4 is 0 Å². The molecule has 0 radical (unpaired) electrons. The van der Waals surface area contributed by atoms with Crippen LogP contribution in [0.2, 0.25) is 0 Å². The fraction of sp³-hybridized carbons (Fsp3) is 0.538. The number of benzene rings is 1. The van der Waals surface area contributed by atoms with Crippen molar-refractivity contribution < 1.29 is 12.8 Å². The molecule has 0 aliphatic carbocycles. The second kappa shape index (κ2) is 5.77. The summed E-state index contributed by atoms with van der Waals surface area (Å²) in [4.78, 5) is -0.00273. The standard InChI is InChI=1S/C13H17ClFNO2S/c1-10-4-6-16(7-5-10)19(17,18)13-8-12(15)3-2-11(13)9-14/h2-3,8,10H,4-7,9H2,1H3. The Balaban J connectivity index is 2.36. The maximum Gasteiger partial charge on any atom is 0.243 e. The molecule has 0 amide bonds. The zero-order valence-electron chi connectivity index (χ0n) is 10.8. The van der Waals surface area contributed by atoms with Gasteiger partial charge in [0.05, 0.1) is 4.90 Å². The first-order valence-electron chi connectivity index (χ1n) is 6.29. The minimum Gasteiger partial charge on any atom is -0.207 e. The number of alkyl halides is 1. The lowest BCUT2D eigenvalue weighted by molar-refractivity contribution is 0.288. The van der Waals surface area contributed by atoms with E-state index in [-0.39, 0.29) is 10.8 Å². The molecule has 1 aliphatic rings. The van der Waals surface area contributed by atoms with Crippen LogP contribution in [0.3, 0.4) is 0 Å². The normalized spacial score (nSPS) is 18.7. The van der Waals surface area contributed by atoms with Crippen LogP contribution in [0.25, 0.3) is 0 Å². The third-order valence-electron chi connectivity index (χ3n) is 3.53. The Morgan fingerprint density at radius 2 is 2.00 bits per heavy atom. The summed E-state index contributed by atoms with van der Waals surface area (Å²) in [6.45, 7) is 3.08. The van der Waals surface area contributed by atoms with Crippen molar-refractivity contribution in [3.8, 4) is 0 Å². The van der Waals surface area contributed by atoms with Crippen molar-refractivity contribution in [2.45, 2.75) is 30.5 Å². The summed E-state index contributed by atoms with van der Waals surface area (Å²) in [7, 11) is -3.64.